The number of aromatic nitrogens is 1. The molecule has 2 N–H and O–H groups in total. The van der Waals surface area contributed by atoms with Gasteiger partial charge in [0.15, 0.2) is 0 Å². The summed E-state index contributed by atoms with van der Waals surface area (Å²) in [5, 5.41) is 6.39. The Hall–Kier alpha value is -2.36. The van der Waals surface area contributed by atoms with Crippen LogP contribution in [0.2, 0.25) is 0 Å². The Labute approximate surface area is 124 Å². The molecule has 4 nitrogen and oxygen atoms in total. The standard InChI is InChI=1S/C17H19N3O/c1-12(14-4-3-9-18-11-14)19-15-5-2-6-16(10-15)20-17(21)13-7-8-13/h2-6,9-13,19H,7-8H2,1H3,(H,20,21). The number of benzene rings is 1. The topological polar surface area (TPSA) is 54.0 Å². The lowest BCUT2D eigenvalue weighted by Gasteiger charge is -2.16. The van der Waals surface area contributed by atoms with Gasteiger partial charge in [-0.2, -0.15) is 0 Å². The van der Waals surface area contributed by atoms with E-state index in [2.05, 4.69) is 22.5 Å². The third-order valence-electron chi connectivity index (χ3n) is 3.65. The highest BCUT2D eigenvalue weighted by atomic mass is 16.2. The minimum absolute atomic E-state index is 0.132. The average molecular weight is 281 g/mol. The summed E-state index contributed by atoms with van der Waals surface area (Å²) in [5.41, 5.74) is 2.96. The SMILES string of the molecule is CC(Nc1cccc(NC(=O)C2CC2)c1)c1cccnc1. The Morgan fingerprint density at radius 2 is 2.05 bits per heavy atom. The minimum Gasteiger partial charge on any atom is -0.378 e. The lowest BCUT2D eigenvalue weighted by Crippen LogP contribution is -2.13. The van der Waals surface area contributed by atoms with Gasteiger partial charge in [0.2, 0.25) is 5.91 Å². The number of anilines is 2. The fraction of sp³-hybridized carbons (Fsp3) is 0.294. The number of nitrogens with one attached hydrogen (secondary N) is 2. The van der Waals surface area contributed by atoms with Crippen LogP contribution in [-0.2, 0) is 4.79 Å². The largest absolute Gasteiger partial charge is 0.378 e. The summed E-state index contributed by atoms with van der Waals surface area (Å²) in [6, 6.07) is 12.0. The van der Waals surface area contributed by atoms with Gasteiger partial charge in [-0.25, -0.2) is 0 Å². The van der Waals surface area contributed by atoms with Crippen LogP contribution in [0.15, 0.2) is 48.8 Å². The second-order valence-corrected chi connectivity index (χ2v) is 5.50. The minimum atomic E-state index is 0.132. The van der Waals surface area contributed by atoms with Gasteiger partial charge < -0.3 is 10.6 Å². The third kappa shape index (κ3) is 3.60. The Morgan fingerprint density at radius 3 is 2.76 bits per heavy atom. The second kappa shape index (κ2) is 5.95. The van der Waals surface area contributed by atoms with E-state index in [0.717, 1.165) is 29.8 Å². The van der Waals surface area contributed by atoms with E-state index >= 15 is 0 Å². The highest BCUT2D eigenvalue weighted by molar-refractivity contribution is 5.94. The first-order valence-corrected chi connectivity index (χ1v) is 7.30. The molecule has 0 bridgehead atoms. The van der Waals surface area contributed by atoms with Crippen molar-refractivity contribution in [3.05, 3.63) is 54.4 Å². The van der Waals surface area contributed by atoms with Crippen molar-refractivity contribution in [2.24, 2.45) is 5.92 Å². The maximum Gasteiger partial charge on any atom is 0.227 e. The van der Waals surface area contributed by atoms with Crippen LogP contribution in [-0.4, -0.2) is 10.9 Å². The Bertz CT molecular complexity index is 623. The first kappa shape index (κ1) is 13.6. The van der Waals surface area contributed by atoms with Crippen LogP contribution in [0, 0.1) is 5.92 Å². The van der Waals surface area contributed by atoms with Gasteiger partial charge in [-0.1, -0.05) is 12.1 Å². The monoisotopic (exact) mass is 281 g/mol. The van der Waals surface area contributed by atoms with Crippen LogP contribution in [0.5, 0.6) is 0 Å². The van der Waals surface area contributed by atoms with Crippen LogP contribution >= 0.6 is 0 Å². The van der Waals surface area contributed by atoms with E-state index in [1.165, 1.54) is 0 Å². The number of hydrogen-bond acceptors (Lipinski definition) is 3. The number of amides is 1. The highest BCUT2D eigenvalue weighted by Gasteiger charge is 2.29. The second-order valence-electron chi connectivity index (χ2n) is 5.50. The van der Waals surface area contributed by atoms with Gasteiger partial charge in [0.1, 0.15) is 0 Å². The van der Waals surface area contributed by atoms with Crippen LogP contribution < -0.4 is 10.6 Å². The molecule has 1 aromatic heterocycles. The predicted octanol–water partition coefficient (Wildman–Crippen LogP) is 3.60. The number of nitrogens with zero attached hydrogens (tertiary/aromatic N) is 1. The molecule has 1 saturated carbocycles. The maximum atomic E-state index is 11.8. The van der Waals surface area contributed by atoms with Crippen molar-refractivity contribution in [1.82, 2.24) is 4.98 Å². The van der Waals surface area contributed by atoms with Crippen LogP contribution in [0.3, 0.4) is 0 Å². The quantitative estimate of drug-likeness (QED) is 0.880. The molecule has 0 saturated heterocycles. The Morgan fingerprint density at radius 1 is 1.24 bits per heavy atom. The van der Waals surface area contributed by atoms with Gasteiger partial charge in [0.05, 0.1) is 6.04 Å². The fourth-order valence-electron chi connectivity index (χ4n) is 2.24. The molecule has 1 unspecified atom stereocenters. The van der Waals surface area contributed by atoms with Crippen molar-refractivity contribution in [2.75, 3.05) is 10.6 Å². The zero-order valence-electron chi connectivity index (χ0n) is 12.0. The summed E-state index contributed by atoms with van der Waals surface area (Å²) in [6.07, 6.45) is 5.66. The van der Waals surface area contributed by atoms with Gasteiger partial charge in [-0.15, -0.1) is 0 Å². The summed E-state index contributed by atoms with van der Waals surface area (Å²) in [4.78, 5) is 15.9. The van der Waals surface area contributed by atoms with Crippen molar-refractivity contribution in [3.63, 3.8) is 0 Å². The molecule has 0 spiro atoms. The molecule has 1 heterocycles. The van der Waals surface area contributed by atoms with E-state index in [9.17, 15) is 4.79 Å². The van der Waals surface area contributed by atoms with Crippen molar-refractivity contribution < 1.29 is 4.79 Å². The molecule has 1 aliphatic rings. The van der Waals surface area contributed by atoms with Crippen LogP contribution in [0.4, 0.5) is 11.4 Å². The molecule has 0 aliphatic heterocycles. The van der Waals surface area contributed by atoms with Crippen molar-refractivity contribution in [3.8, 4) is 0 Å². The van der Waals surface area contributed by atoms with E-state index in [4.69, 9.17) is 0 Å². The Balaban J connectivity index is 1.66. The van der Waals surface area contributed by atoms with Gasteiger partial charge in [0, 0.05) is 29.7 Å². The molecule has 1 amide bonds. The highest BCUT2D eigenvalue weighted by Crippen LogP contribution is 2.30. The van der Waals surface area contributed by atoms with E-state index in [1.54, 1.807) is 6.20 Å². The lowest BCUT2D eigenvalue weighted by atomic mass is 10.1. The smallest absolute Gasteiger partial charge is 0.227 e. The average Bonchev–Trinajstić information content (AvgIpc) is 3.33. The van der Waals surface area contributed by atoms with E-state index in [0.29, 0.717) is 0 Å². The molecule has 2 aromatic rings. The van der Waals surface area contributed by atoms with E-state index in [-0.39, 0.29) is 17.9 Å². The molecule has 0 radical (unpaired) electrons. The molecule has 4 heteroatoms. The zero-order chi connectivity index (χ0) is 14.7. The number of hydrogen-bond donors (Lipinski definition) is 2. The zero-order valence-corrected chi connectivity index (χ0v) is 12.0. The van der Waals surface area contributed by atoms with Crippen molar-refractivity contribution in [2.45, 2.75) is 25.8 Å². The Kier molecular flexibility index (Phi) is 3.86. The molecular formula is C17H19N3O. The molecule has 108 valence electrons. The molecule has 1 aromatic carbocycles. The van der Waals surface area contributed by atoms with Gasteiger partial charge in [-0.05, 0) is 49.6 Å². The number of rotatable bonds is 5. The summed E-state index contributed by atoms with van der Waals surface area (Å²) >= 11 is 0. The molecule has 21 heavy (non-hydrogen) atoms. The first-order chi connectivity index (χ1) is 10.2. The van der Waals surface area contributed by atoms with E-state index in [1.807, 2.05) is 42.6 Å². The molecule has 3 rings (SSSR count). The summed E-state index contributed by atoms with van der Waals surface area (Å²) in [5.74, 6) is 0.350. The molecular weight excluding hydrogens is 262 g/mol. The number of pyridine rings is 1. The molecule has 1 atom stereocenters. The number of carbonyl (C=O) groups excluding carboxylic acids is 1. The number of carbonyl (C=O) groups is 1. The van der Waals surface area contributed by atoms with Gasteiger partial charge in [0.25, 0.3) is 0 Å². The normalized spacial score (nSPS) is 15.3. The first-order valence-electron chi connectivity index (χ1n) is 7.30. The molecule has 1 aliphatic carbocycles. The predicted molar refractivity (Wildman–Crippen MR) is 84.1 cm³/mol. The van der Waals surface area contributed by atoms with Crippen molar-refractivity contribution in [1.29, 1.82) is 0 Å². The fourth-order valence-corrected chi connectivity index (χ4v) is 2.24. The summed E-state index contributed by atoms with van der Waals surface area (Å²) in [6.45, 7) is 2.09. The summed E-state index contributed by atoms with van der Waals surface area (Å²) < 4.78 is 0. The van der Waals surface area contributed by atoms with Gasteiger partial charge >= 0.3 is 0 Å². The van der Waals surface area contributed by atoms with Gasteiger partial charge in [-0.3, -0.25) is 9.78 Å². The molecule has 1 fully saturated rings. The van der Waals surface area contributed by atoms with Crippen LogP contribution in [0.25, 0.3) is 0 Å². The van der Waals surface area contributed by atoms with Crippen LogP contribution in [0.1, 0.15) is 31.4 Å². The maximum absolute atomic E-state index is 11.8. The third-order valence-corrected chi connectivity index (χ3v) is 3.65. The van der Waals surface area contributed by atoms with Crippen molar-refractivity contribution >= 4 is 17.3 Å². The van der Waals surface area contributed by atoms with E-state index < -0.39 is 0 Å². The summed E-state index contributed by atoms with van der Waals surface area (Å²) in [7, 11) is 0. The lowest BCUT2D eigenvalue weighted by molar-refractivity contribution is -0.117.